The summed E-state index contributed by atoms with van der Waals surface area (Å²) in [5.41, 5.74) is 8.06. The minimum absolute atomic E-state index is 0.269. The number of hydrogen-bond acceptors (Lipinski definition) is 2. The van der Waals surface area contributed by atoms with Gasteiger partial charge in [-0.3, -0.25) is 4.98 Å². The minimum Gasteiger partial charge on any atom is -0.328 e. The number of nitrogens with two attached hydrogens (primary N) is 1. The SMILES string of the molecule is CC(N)CC(C)Cc1ccc2ccccc2n1. The summed E-state index contributed by atoms with van der Waals surface area (Å²) in [5, 5.41) is 1.20. The highest BCUT2D eigenvalue weighted by Gasteiger charge is 2.07. The van der Waals surface area contributed by atoms with E-state index in [4.69, 9.17) is 5.73 Å². The molecule has 0 saturated carbocycles. The van der Waals surface area contributed by atoms with Gasteiger partial charge in [-0.05, 0) is 37.8 Å². The third-order valence-electron chi connectivity index (χ3n) is 2.99. The van der Waals surface area contributed by atoms with Crippen LogP contribution in [0.1, 0.15) is 26.0 Å². The lowest BCUT2D eigenvalue weighted by Gasteiger charge is -2.13. The molecule has 2 N–H and O–H groups in total. The predicted molar refractivity (Wildman–Crippen MR) is 72.9 cm³/mol. The Balaban J connectivity index is 2.14. The maximum atomic E-state index is 5.82. The molecule has 0 aliphatic heterocycles. The van der Waals surface area contributed by atoms with Gasteiger partial charge in [-0.25, -0.2) is 0 Å². The second-order valence-corrected chi connectivity index (χ2v) is 5.02. The van der Waals surface area contributed by atoms with Crippen molar-refractivity contribution in [3.63, 3.8) is 0 Å². The van der Waals surface area contributed by atoms with Crippen molar-refractivity contribution >= 4 is 10.9 Å². The first-order valence-electron chi connectivity index (χ1n) is 6.25. The van der Waals surface area contributed by atoms with Crippen LogP contribution in [0.2, 0.25) is 0 Å². The van der Waals surface area contributed by atoms with Crippen molar-refractivity contribution in [2.75, 3.05) is 0 Å². The van der Waals surface area contributed by atoms with E-state index >= 15 is 0 Å². The topological polar surface area (TPSA) is 38.9 Å². The predicted octanol–water partition coefficient (Wildman–Crippen LogP) is 3.15. The molecule has 17 heavy (non-hydrogen) atoms. The zero-order chi connectivity index (χ0) is 12.3. The average Bonchev–Trinajstić information content (AvgIpc) is 2.27. The molecule has 1 aromatic carbocycles. The Hall–Kier alpha value is -1.41. The number of pyridine rings is 1. The van der Waals surface area contributed by atoms with Crippen molar-refractivity contribution in [2.24, 2.45) is 11.7 Å². The fraction of sp³-hybridized carbons (Fsp3) is 0.400. The van der Waals surface area contributed by atoms with E-state index in [0.29, 0.717) is 5.92 Å². The molecule has 0 bridgehead atoms. The van der Waals surface area contributed by atoms with Gasteiger partial charge in [0.25, 0.3) is 0 Å². The van der Waals surface area contributed by atoms with Gasteiger partial charge in [0.1, 0.15) is 0 Å². The Labute approximate surface area is 103 Å². The molecule has 1 aromatic heterocycles. The summed E-state index contributed by atoms with van der Waals surface area (Å²) in [6.07, 6.45) is 2.06. The van der Waals surface area contributed by atoms with Crippen LogP contribution in [0.3, 0.4) is 0 Å². The summed E-state index contributed by atoms with van der Waals surface area (Å²) in [5.74, 6) is 0.587. The Morgan fingerprint density at radius 2 is 1.88 bits per heavy atom. The highest BCUT2D eigenvalue weighted by atomic mass is 14.7. The summed E-state index contributed by atoms with van der Waals surface area (Å²) in [7, 11) is 0. The Morgan fingerprint density at radius 1 is 1.12 bits per heavy atom. The van der Waals surface area contributed by atoms with E-state index in [9.17, 15) is 0 Å². The number of hydrogen-bond donors (Lipinski definition) is 1. The second kappa shape index (κ2) is 5.28. The molecule has 2 unspecified atom stereocenters. The lowest BCUT2D eigenvalue weighted by atomic mass is 9.97. The van der Waals surface area contributed by atoms with Crippen LogP contribution in [-0.4, -0.2) is 11.0 Å². The van der Waals surface area contributed by atoms with Crippen LogP contribution in [0.5, 0.6) is 0 Å². The summed E-state index contributed by atoms with van der Waals surface area (Å²) in [6, 6.07) is 12.8. The molecule has 1 heterocycles. The van der Waals surface area contributed by atoms with Crippen LogP contribution >= 0.6 is 0 Å². The van der Waals surface area contributed by atoms with Crippen molar-refractivity contribution in [3.8, 4) is 0 Å². The van der Waals surface area contributed by atoms with Crippen molar-refractivity contribution in [3.05, 3.63) is 42.1 Å². The van der Waals surface area contributed by atoms with Gasteiger partial charge in [0.2, 0.25) is 0 Å². The van der Waals surface area contributed by atoms with Crippen molar-refractivity contribution in [1.82, 2.24) is 4.98 Å². The van der Waals surface area contributed by atoms with Gasteiger partial charge >= 0.3 is 0 Å². The van der Waals surface area contributed by atoms with E-state index in [1.54, 1.807) is 0 Å². The molecule has 2 rings (SSSR count). The number of nitrogens with zero attached hydrogens (tertiary/aromatic N) is 1. The van der Waals surface area contributed by atoms with Crippen LogP contribution in [0, 0.1) is 5.92 Å². The molecule has 0 radical (unpaired) electrons. The number of aromatic nitrogens is 1. The molecule has 2 atom stereocenters. The first-order valence-corrected chi connectivity index (χ1v) is 6.25. The summed E-state index contributed by atoms with van der Waals surface area (Å²) in [6.45, 7) is 4.30. The zero-order valence-electron chi connectivity index (χ0n) is 10.6. The van der Waals surface area contributed by atoms with Gasteiger partial charge in [0.05, 0.1) is 5.52 Å². The molecule has 2 nitrogen and oxygen atoms in total. The third-order valence-corrected chi connectivity index (χ3v) is 2.99. The van der Waals surface area contributed by atoms with Crippen LogP contribution in [-0.2, 0) is 6.42 Å². The average molecular weight is 228 g/mol. The van der Waals surface area contributed by atoms with E-state index in [-0.39, 0.29) is 6.04 Å². The lowest BCUT2D eigenvalue weighted by molar-refractivity contribution is 0.476. The van der Waals surface area contributed by atoms with Gasteiger partial charge in [0.15, 0.2) is 0 Å². The Bertz CT molecular complexity index is 491. The standard InChI is InChI=1S/C15H20N2/c1-11(9-12(2)16)10-14-8-7-13-5-3-4-6-15(13)17-14/h3-8,11-12H,9-10,16H2,1-2H3. The molecular formula is C15H20N2. The van der Waals surface area contributed by atoms with E-state index in [0.717, 1.165) is 24.1 Å². The zero-order valence-corrected chi connectivity index (χ0v) is 10.6. The molecule has 0 aliphatic carbocycles. The van der Waals surface area contributed by atoms with Crippen LogP contribution in [0.25, 0.3) is 10.9 Å². The van der Waals surface area contributed by atoms with Gasteiger partial charge in [-0.1, -0.05) is 31.2 Å². The molecule has 0 fully saturated rings. The number of rotatable bonds is 4. The van der Waals surface area contributed by atoms with Crippen molar-refractivity contribution in [1.29, 1.82) is 0 Å². The van der Waals surface area contributed by atoms with Gasteiger partial charge < -0.3 is 5.73 Å². The second-order valence-electron chi connectivity index (χ2n) is 5.02. The highest BCUT2D eigenvalue weighted by Crippen LogP contribution is 2.16. The van der Waals surface area contributed by atoms with Crippen LogP contribution in [0.4, 0.5) is 0 Å². The van der Waals surface area contributed by atoms with E-state index in [1.165, 1.54) is 5.39 Å². The van der Waals surface area contributed by atoms with E-state index < -0.39 is 0 Å². The molecule has 0 aliphatic rings. The van der Waals surface area contributed by atoms with Gasteiger partial charge in [-0.15, -0.1) is 0 Å². The fourth-order valence-electron chi connectivity index (χ4n) is 2.30. The van der Waals surface area contributed by atoms with E-state index in [2.05, 4.69) is 43.1 Å². The lowest BCUT2D eigenvalue weighted by Crippen LogP contribution is -2.19. The smallest absolute Gasteiger partial charge is 0.0705 e. The first-order chi connectivity index (χ1) is 8.15. The largest absolute Gasteiger partial charge is 0.328 e. The van der Waals surface area contributed by atoms with E-state index in [1.807, 2.05) is 12.1 Å². The Kier molecular flexibility index (Phi) is 3.75. The minimum atomic E-state index is 0.269. The van der Waals surface area contributed by atoms with Crippen LogP contribution in [0.15, 0.2) is 36.4 Å². The molecule has 90 valence electrons. The molecular weight excluding hydrogens is 208 g/mol. The Morgan fingerprint density at radius 3 is 2.65 bits per heavy atom. The van der Waals surface area contributed by atoms with Crippen molar-refractivity contribution in [2.45, 2.75) is 32.7 Å². The van der Waals surface area contributed by atoms with Crippen LogP contribution < -0.4 is 5.73 Å². The van der Waals surface area contributed by atoms with Gasteiger partial charge in [0, 0.05) is 17.1 Å². The maximum absolute atomic E-state index is 5.82. The highest BCUT2D eigenvalue weighted by molar-refractivity contribution is 5.78. The summed E-state index contributed by atoms with van der Waals surface area (Å²) >= 11 is 0. The molecule has 2 aromatic rings. The van der Waals surface area contributed by atoms with Gasteiger partial charge in [-0.2, -0.15) is 0 Å². The quantitative estimate of drug-likeness (QED) is 0.873. The normalized spacial score (nSPS) is 14.8. The van der Waals surface area contributed by atoms with Crippen molar-refractivity contribution < 1.29 is 0 Å². The summed E-state index contributed by atoms with van der Waals surface area (Å²) in [4.78, 5) is 4.68. The monoisotopic (exact) mass is 228 g/mol. The molecule has 0 spiro atoms. The number of benzene rings is 1. The first kappa shape index (κ1) is 12.1. The number of para-hydroxylation sites is 1. The third kappa shape index (κ3) is 3.27. The fourth-order valence-corrected chi connectivity index (χ4v) is 2.30. The molecule has 0 amide bonds. The number of fused-ring (bicyclic) bond motifs is 1. The maximum Gasteiger partial charge on any atom is 0.0705 e. The molecule has 2 heteroatoms. The molecule has 0 saturated heterocycles. The summed E-state index contributed by atoms with van der Waals surface area (Å²) < 4.78 is 0.